The number of hydrogen-bond acceptors (Lipinski definition) is 3. The Morgan fingerprint density at radius 1 is 1.33 bits per heavy atom. The lowest BCUT2D eigenvalue weighted by Gasteiger charge is -2.33. The van der Waals surface area contributed by atoms with Gasteiger partial charge in [0.25, 0.3) is 0 Å². The molecule has 1 saturated carbocycles. The van der Waals surface area contributed by atoms with Crippen molar-refractivity contribution in [2.24, 2.45) is 5.41 Å². The van der Waals surface area contributed by atoms with E-state index < -0.39 is 10.0 Å². The second kappa shape index (κ2) is 6.50. The highest BCUT2D eigenvalue weighted by Gasteiger charge is 2.29. The fraction of sp³-hybridized carbons (Fsp3) is 0.733. The van der Waals surface area contributed by atoms with Crippen LogP contribution in [0.4, 0.5) is 0 Å². The standard InChI is InChI=1S/C15H26N2O3S/c1-3-17-10-14(9-13(17)11-18)21(19,20)16-12-15(2)7-5-4-6-8-15/h9-10,16,18H,3-8,11-12H2,1-2H3. The van der Waals surface area contributed by atoms with Gasteiger partial charge < -0.3 is 9.67 Å². The van der Waals surface area contributed by atoms with Crippen LogP contribution in [0, 0.1) is 5.41 Å². The molecule has 21 heavy (non-hydrogen) atoms. The van der Waals surface area contributed by atoms with E-state index in [1.165, 1.54) is 19.3 Å². The molecule has 1 aromatic heterocycles. The maximum Gasteiger partial charge on any atom is 0.242 e. The number of aromatic nitrogens is 1. The molecule has 0 saturated heterocycles. The molecule has 5 nitrogen and oxygen atoms in total. The molecule has 0 spiro atoms. The minimum absolute atomic E-state index is 0.0679. The maximum atomic E-state index is 12.4. The van der Waals surface area contributed by atoms with Crippen LogP contribution in [0.5, 0.6) is 0 Å². The highest BCUT2D eigenvalue weighted by Crippen LogP contribution is 2.35. The molecule has 0 atom stereocenters. The van der Waals surface area contributed by atoms with Gasteiger partial charge in [-0.25, -0.2) is 13.1 Å². The Bertz CT molecular complexity index is 550. The number of rotatable bonds is 6. The van der Waals surface area contributed by atoms with Gasteiger partial charge in [-0.3, -0.25) is 0 Å². The number of nitrogens with zero attached hydrogens (tertiary/aromatic N) is 1. The van der Waals surface area contributed by atoms with Gasteiger partial charge in [-0.15, -0.1) is 0 Å². The van der Waals surface area contributed by atoms with Crippen LogP contribution in [0.15, 0.2) is 17.2 Å². The van der Waals surface area contributed by atoms with Crippen molar-refractivity contribution in [1.82, 2.24) is 9.29 Å². The summed E-state index contributed by atoms with van der Waals surface area (Å²) in [6.07, 6.45) is 7.36. The third-order valence-corrected chi connectivity index (χ3v) is 5.89. The summed E-state index contributed by atoms with van der Waals surface area (Å²) < 4.78 is 29.3. The topological polar surface area (TPSA) is 71.3 Å². The number of sulfonamides is 1. The average molecular weight is 314 g/mol. The Balaban J connectivity index is 2.09. The van der Waals surface area contributed by atoms with Gasteiger partial charge in [0, 0.05) is 25.0 Å². The molecule has 0 aromatic carbocycles. The molecule has 0 bridgehead atoms. The second-order valence-electron chi connectivity index (χ2n) is 6.31. The minimum atomic E-state index is -3.50. The van der Waals surface area contributed by atoms with Gasteiger partial charge in [0.05, 0.1) is 11.5 Å². The summed E-state index contributed by atoms with van der Waals surface area (Å²) in [6.45, 7) is 5.06. The largest absolute Gasteiger partial charge is 0.390 e. The highest BCUT2D eigenvalue weighted by molar-refractivity contribution is 7.89. The molecule has 6 heteroatoms. The van der Waals surface area contributed by atoms with Crippen molar-refractivity contribution in [2.45, 2.75) is 64.0 Å². The minimum Gasteiger partial charge on any atom is -0.390 e. The molecule has 2 rings (SSSR count). The van der Waals surface area contributed by atoms with Crippen molar-refractivity contribution in [3.05, 3.63) is 18.0 Å². The van der Waals surface area contributed by atoms with E-state index in [1.807, 2.05) is 6.92 Å². The first-order valence-corrected chi connectivity index (χ1v) is 9.18. The number of nitrogens with one attached hydrogen (secondary N) is 1. The summed E-state index contributed by atoms with van der Waals surface area (Å²) in [6, 6.07) is 1.55. The van der Waals surface area contributed by atoms with E-state index in [9.17, 15) is 13.5 Å². The molecule has 1 aromatic rings. The molecule has 2 N–H and O–H groups in total. The van der Waals surface area contributed by atoms with Crippen LogP contribution >= 0.6 is 0 Å². The van der Waals surface area contributed by atoms with Crippen molar-refractivity contribution >= 4 is 10.0 Å². The Morgan fingerprint density at radius 2 is 2.00 bits per heavy atom. The predicted molar refractivity (Wildman–Crippen MR) is 82.4 cm³/mol. The predicted octanol–water partition coefficient (Wildman–Crippen LogP) is 2.25. The smallest absolute Gasteiger partial charge is 0.242 e. The molecule has 120 valence electrons. The van der Waals surface area contributed by atoms with Crippen LogP contribution in [0.1, 0.15) is 51.6 Å². The molecule has 0 radical (unpaired) electrons. The van der Waals surface area contributed by atoms with Gasteiger partial charge in [-0.1, -0.05) is 26.2 Å². The third kappa shape index (κ3) is 3.87. The van der Waals surface area contributed by atoms with Crippen LogP contribution in [0.2, 0.25) is 0 Å². The lowest BCUT2D eigenvalue weighted by molar-refractivity contribution is 0.219. The maximum absolute atomic E-state index is 12.4. The van der Waals surface area contributed by atoms with Crippen molar-refractivity contribution in [1.29, 1.82) is 0 Å². The molecular formula is C15H26N2O3S. The summed E-state index contributed by atoms with van der Waals surface area (Å²) in [5, 5.41) is 9.27. The molecule has 1 heterocycles. The van der Waals surface area contributed by atoms with Gasteiger partial charge >= 0.3 is 0 Å². The van der Waals surface area contributed by atoms with Crippen molar-refractivity contribution in [3.8, 4) is 0 Å². The van der Waals surface area contributed by atoms with Crippen LogP contribution in [0.3, 0.4) is 0 Å². The summed E-state index contributed by atoms with van der Waals surface area (Å²) in [7, 11) is -3.50. The number of hydrogen-bond donors (Lipinski definition) is 2. The Labute approximate surface area is 127 Å². The molecule has 1 fully saturated rings. The molecule has 1 aliphatic rings. The summed E-state index contributed by atoms with van der Waals surface area (Å²) >= 11 is 0. The zero-order valence-corrected chi connectivity index (χ0v) is 13.7. The van der Waals surface area contributed by atoms with Crippen LogP contribution in [0.25, 0.3) is 0 Å². The SMILES string of the molecule is CCn1cc(S(=O)(=O)NCC2(C)CCCCC2)cc1CO. The fourth-order valence-corrected chi connectivity index (χ4v) is 4.30. The lowest BCUT2D eigenvalue weighted by Crippen LogP contribution is -2.36. The average Bonchev–Trinajstić information content (AvgIpc) is 2.90. The van der Waals surface area contributed by atoms with E-state index >= 15 is 0 Å². The lowest BCUT2D eigenvalue weighted by atomic mass is 9.76. The monoisotopic (exact) mass is 314 g/mol. The summed E-state index contributed by atoms with van der Waals surface area (Å²) in [5.74, 6) is 0. The zero-order valence-electron chi connectivity index (χ0n) is 12.9. The van der Waals surface area contributed by atoms with Gasteiger partial charge in [-0.05, 0) is 31.2 Å². The van der Waals surface area contributed by atoms with E-state index in [2.05, 4.69) is 11.6 Å². The second-order valence-corrected chi connectivity index (χ2v) is 8.07. The molecule has 1 aliphatic carbocycles. The van der Waals surface area contributed by atoms with E-state index in [4.69, 9.17) is 0 Å². The van der Waals surface area contributed by atoms with E-state index in [0.29, 0.717) is 18.8 Å². The summed E-state index contributed by atoms with van der Waals surface area (Å²) in [5.41, 5.74) is 0.695. The van der Waals surface area contributed by atoms with Crippen LogP contribution in [-0.4, -0.2) is 24.6 Å². The van der Waals surface area contributed by atoms with Gasteiger partial charge in [0.15, 0.2) is 0 Å². The van der Waals surface area contributed by atoms with Crippen molar-refractivity contribution in [3.63, 3.8) is 0 Å². The summed E-state index contributed by atoms with van der Waals surface area (Å²) in [4.78, 5) is 0.243. The first-order valence-electron chi connectivity index (χ1n) is 7.70. The highest BCUT2D eigenvalue weighted by atomic mass is 32.2. The Morgan fingerprint density at radius 3 is 2.52 bits per heavy atom. The Kier molecular flexibility index (Phi) is 5.11. The normalized spacial score (nSPS) is 18.8. The van der Waals surface area contributed by atoms with E-state index in [0.717, 1.165) is 12.8 Å². The molecular weight excluding hydrogens is 288 g/mol. The third-order valence-electron chi connectivity index (χ3n) is 4.52. The quantitative estimate of drug-likeness (QED) is 0.846. The van der Waals surface area contributed by atoms with Crippen LogP contribution < -0.4 is 4.72 Å². The van der Waals surface area contributed by atoms with Gasteiger partial charge in [0.1, 0.15) is 0 Å². The van der Waals surface area contributed by atoms with E-state index in [-0.39, 0.29) is 16.9 Å². The Hall–Kier alpha value is -0.850. The molecule has 0 amide bonds. The first kappa shape index (κ1) is 16.5. The van der Waals surface area contributed by atoms with Gasteiger partial charge in [0.2, 0.25) is 10.0 Å². The first-order chi connectivity index (χ1) is 9.90. The fourth-order valence-electron chi connectivity index (χ4n) is 3.03. The molecule has 0 unspecified atom stereocenters. The van der Waals surface area contributed by atoms with Crippen LogP contribution in [-0.2, 0) is 23.2 Å². The van der Waals surface area contributed by atoms with E-state index in [1.54, 1.807) is 16.8 Å². The molecule has 0 aliphatic heterocycles. The van der Waals surface area contributed by atoms with Crippen molar-refractivity contribution < 1.29 is 13.5 Å². The van der Waals surface area contributed by atoms with Gasteiger partial charge in [-0.2, -0.15) is 0 Å². The number of aliphatic hydroxyl groups is 1. The number of aliphatic hydroxyl groups excluding tert-OH is 1. The van der Waals surface area contributed by atoms with Crippen molar-refractivity contribution in [2.75, 3.05) is 6.54 Å². The zero-order chi connectivity index (χ0) is 15.5. The number of aryl methyl sites for hydroxylation is 1.